The topological polar surface area (TPSA) is 70.0 Å². The van der Waals surface area contributed by atoms with Gasteiger partial charge >= 0.3 is 5.97 Å². The Morgan fingerprint density at radius 1 is 1.15 bits per heavy atom. The van der Waals surface area contributed by atoms with E-state index in [0.717, 1.165) is 10.0 Å². The summed E-state index contributed by atoms with van der Waals surface area (Å²) in [4.78, 5) is 23.3. The third-order valence-electron chi connectivity index (χ3n) is 4.16. The van der Waals surface area contributed by atoms with Gasteiger partial charge in [0, 0.05) is 22.9 Å². The highest BCUT2D eigenvalue weighted by atomic mass is 79.9. The van der Waals surface area contributed by atoms with E-state index >= 15 is 0 Å². The largest absolute Gasteiger partial charge is 0.481 e. The van der Waals surface area contributed by atoms with Gasteiger partial charge in [-0.05, 0) is 23.8 Å². The van der Waals surface area contributed by atoms with Crippen LogP contribution < -0.4 is 0 Å². The molecule has 0 aromatic heterocycles. The first-order valence-electron chi connectivity index (χ1n) is 8.07. The Balaban J connectivity index is 1.93. The van der Waals surface area contributed by atoms with E-state index in [2.05, 4.69) is 21.0 Å². The maximum absolute atomic E-state index is 14.3. The number of hydrogen-bond acceptors (Lipinski definition) is 3. The molecule has 26 heavy (non-hydrogen) atoms. The number of carbonyl (C=O) groups excluding carboxylic acids is 1. The Morgan fingerprint density at radius 2 is 1.85 bits per heavy atom. The SMILES string of the molecule is O=C(O)CCC(=O)N1N=C(c2ccc(Br)cc2)C[C@H]1c1ccccc1F. The fourth-order valence-corrected chi connectivity index (χ4v) is 3.14. The number of hydrogen-bond donors (Lipinski definition) is 1. The number of rotatable bonds is 5. The second-order valence-electron chi connectivity index (χ2n) is 5.93. The molecule has 0 aliphatic carbocycles. The van der Waals surface area contributed by atoms with Crippen molar-refractivity contribution in [1.82, 2.24) is 5.01 Å². The van der Waals surface area contributed by atoms with Crippen LogP contribution in [-0.4, -0.2) is 27.7 Å². The van der Waals surface area contributed by atoms with Crippen molar-refractivity contribution in [1.29, 1.82) is 0 Å². The number of aliphatic carboxylic acids is 1. The van der Waals surface area contributed by atoms with Gasteiger partial charge in [-0.1, -0.05) is 46.3 Å². The number of benzene rings is 2. The number of halogens is 2. The standard InChI is InChI=1S/C19H16BrFN2O3/c20-13-7-5-12(6-8-13)16-11-17(14-3-1-2-4-15(14)21)23(22-16)18(24)9-10-19(25)26/h1-8,17H,9-11H2,(H,25,26)/t17-/m0/s1. The second-order valence-corrected chi connectivity index (χ2v) is 6.84. The molecule has 0 saturated heterocycles. The molecule has 7 heteroatoms. The molecule has 2 aromatic carbocycles. The van der Waals surface area contributed by atoms with Gasteiger partial charge < -0.3 is 5.11 Å². The Kier molecular flexibility index (Phi) is 5.46. The first-order valence-corrected chi connectivity index (χ1v) is 8.86. The minimum atomic E-state index is -1.06. The first-order chi connectivity index (χ1) is 12.5. The molecular formula is C19H16BrFN2O3. The molecule has 3 rings (SSSR count). The summed E-state index contributed by atoms with van der Waals surface area (Å²) in [5.74, 6) is -1.91. The number of amides is 1. The zero-order valence-corrected chi connectivity index (χ0v) is 15.3. The number of hydrazone groups is 1. The van der Waals surface area contributed by atoms with Crippen LogP contribution in [0.5, 0.6) is 0 Å². The molecule has 0 bridgehead atoms. The highest BCUT2D eigenvalue weighted by molar-refractivity contribution is 9.10. The van der Waals surface area contributed by atoms with E-state index in [-0.39, 0.29) is 12.8 Å². The summed E-state index contributed by atoms with van der Waals surface area (Å²) in [5.41, 5.74) is 1.87. The van der Waals surface area contributed by atoms with Crippen LogP contribution in [0, 0.1) is 5.82 Å². The van der Waals surface area contributed by atoms with Crippen LogP contribution in [0.4, 0.5) is 4.39 Å². The summed E-state index contributed by atoms with van der Waals surface area (Å²) in [7, 11) is 0. The lowest BCUT2D eigenvalue weighted by molar-refractivity contribution is -0.141. The predicted octanol–water partition coefficient (Wildman–Crippen LogP) is 4.13. The lowest BCUT2D eigenvalue weighted by atomic mass is 9.98. The number of carboxylic acids is 1. The summed E-state index contributed by atoms with van der Waals surface area (Å²) in [6.07, 6.45) is -0.110. The Labute approximate surface area is 158 Å². The molecule has 1 amide bonds. The van der Waals surface area contributed by atoms with Crippen molar-refractivity contribution < 1.29 is 19.1 Å². The molecule has 0 saturated carbocycles. The zero-order chi connectivity index (χ0) is 18.7. The normalized spacial score (nSPS) is 16.5. The molecular weight excluding hydrogens is 403 g/mol. The molecule has 1 aliphatic heterocycles. The highest BCUT2D eigenvalue weighted by Gasteiger charge is 2.34. The third kappa shape index (κ3) is 3.99. The van der Waals surface area contributed by atoms with Crippen molar-refractivity contribution in [3.05, 3.63) is 69.9 Å². The molecule has 2 aromatic rings. The van der Waals surface area contributed by atoms with Gasteiger partial charge in [0.05, 0.1) is 18.2 Å². The maximum atomic E-state index is 14.3. The van der Waals surface area contributed by atoms with Crippen LogP contribution in [0.25, 0.3) is 0 Å². The fraction of sp³-hybridized carbons (Fsp3) is 0.211. The van der Waals surface area contributed by atoms with E-state index in [1.54, 1.807) is 18.2 Å². The summed E-state index contributed by atoms with van der Waals surface area (Å²) >= 11 is 3.37. The Morgan fingerprint density at radius 3 is 2.50 bits per heavy atom. The van der Waals surface area contributed by atoms with Crippen LogP contribution in [0.1, 0.15) is 36.4 Å². The van der Waals surface area contributed by atoms with Crippen molar-refractivity contribution in [3.63, 3.8) is 0 Å². The number of carbonyl (C=O) groups is 2. The smallest absolute Gasteiger partial charge is 0.303 e. The lowest BCUT2D eigenvalue weighted by Gasteiger charge is -2.22. The maximum Gasteiger partial charge on any atom is 0.303 e. The Bertz CT molecular complexity index is 867. The third-order valence-corrected chi connectivity index (χ3v) is 4.69. The van der Waals surface area contributed by atoms with E-state index in [1.165, 1.54) is 11.1 Å². The van der Waals surface area contributed by atoms with Crippen molar-refractivity contribution in [2.45, 2.75) is 25.3 Å². The van der Waals surface area contributed by atoms with Crippen molar-refractivity contribution in [2.75, 3.05) is 0 Å². The van der Waals surface area contributed by atoms with Gasteiger partial charge in [-0.3, -0.25) is 9.59 Å². The zero-order valence-electron chi connectivity index (χ0n) is 13.7. The summed E-state index contributed by atoms with van der Waals surface area (Å²) < 4.78 is 15.2. The van der Waals surface area contributed by atoms with Crippen LogP contribution in [-0.2, 0) is 9.59 Å². The summed E-state index contributed by atoms with van der Waals surface area (Å²) in [6.45, 7) is 0. The molecule has 0 fully saturated rings. The van der Waals surface area contributed by atoms with Gasteiger partial charge in [0.2, 0.25) is 5.91 Å². The second kappa shape index (κ2) is 7.78. The van der Waals surface area contributed by atoms with E-state index in [9.17, 15) is 14.0 Å². The van der Waals surface area contributed by atoms with Gasteiger partial charge in [-0.15, -0.1) is 0 Å². The van der Waals surface area contributed by atoms with Crippen LogP contribution in [0.3, 0.4) is 0 Å². The van der Waals surface area contributed by atoms with Gasteiger partial charge in [0.25, 0.3) is 0 Å². The first kappa shape index (κ1) is 18.3. The van der Waals surface area contributed by atoms with E-state index < -0.39 is 23.7 Å². The van der Waals surface area contributed by atoms with E-state index in [4.69, 9.17) is 5.11 Å². The number of carboxylic acid groups (broad SMARTS) is 1. The molecule has 0 unspecified atom stereocenters. The molecule has 1 aliphatic rings. The van der Waals surface area contributed by atoms with Gasteiger partial charge in [0.1, 0.15) is 5.82 Å². The predicted molar refractivity (Wildman–Crippen MR) is 98.2 cm³/mol. The average Bonchev–Trinajstić information content (AvgIpc) is 3.06. The fourth-order valence-electron chi connectivity index (χ4n) is 2.87. The summed E-state index contributed by atoms with van der Waals surface area (Å²) in [6, 6.07) is 13.1. The Hall–Kier alpha value is -2.54. The molecule has 134 valence electrons. The van der Waals surface area contributed by atoms with Gasteiger partial charge in [-0.2, -0.15) is 5.10 Å². The van der Waals surface area contributed by atoms with Crippen molar-refractivity contribution in [2.24, 2.45) is 5.10 Å². The number of nitrogens with zero attached hydrogens (tertiary/aromatic N) is 2. The molecule has 1 atom stereocenters. The van der Waals surface area contributed by atoms with Gasteiger partial charge in [-0.25, -0.2) is 9.40 Å². The van der Waals surface area contributed by atoms with Crippen LogP contribution in [0.15, 0.2) is 58.1 Å². The molecule has 0 spiro atoms. The van der Waals surface area contributed by atoms with Crippen molar-refractivity contribution in [3.8, 4) is 0 Å². The van der Waals surface area contributed by atoms with Gasteiger partial charge in [0.15, 0.2) is 0 Å². The quantitative estimate of drug-likeness (QED) is 0.793. The minimum Gasteiger partial charge on any atom is -0.481 e. The molecule has 1 heterocycles. The molecule has 1 N–H and O–H groups in total. The molecule has 5 nitrogen and oxygen atoms in total. The molecule has 0 radical (unpaired) electrons. The summed E-state index contributed by atoms with van der Waals surface area (Å²) in [5, 5.41) is 14.4. The monoisotopic (exact) mass is 418 g/mol. The van der Waals surface area contributed by atoms with E-state index in [1.807, 2.05) is 24.3 Å². The van der Waals surface area contributed by atoms with Crippen LogP contribution >= 0.6 is 15.9 Å². The lowest BCUT2D eigenvalue weighted by Crippen LogP contribution is -2.28. The average molecular weight is 419 g/mol. The minimum absolute atomic E-state index is 0.183. The highest BCUT2D eigenvalue weighted by Crippen LogP contribution is 2.34. The van der Waals surface area contributed by atoms with Crippen LogP contribution in [0.2, 0.25) is 0 Å². The van der Waals surface area contributed by atoms with E-state index in [0.29, 0.717) is 17.7 Å². The van der Waals surface area contributed by atoms with Crippen molar-refractivity contribution >= 4 is 33.5 Å².